The monoisotopic (exact) mass is 259 g/mol. The van der Waals surface area contributed by atoms with Crippen LogP contribution in [0.2, 0.25) is 5.02 Å². The van der Waals surface area contributed by atoms with Crippen LogP contribution in [0.5, 0.6) is 0 Å². The van der Waals surface area contributed by atoms with Gasteiger partial charge in [0.2, 0.25) is 0 Å². The fourth-order valence-corrected chi connectivity index (χ4v) is 1.83. The van der Waals surface area contributed by atoms with Crippen molar-refractivity contribution in [1.29, 1.82) is 0 Å². The predicted octanol–water partition coefficient (Wildman–Crippen LogP) is 1.49. The standard InChI is InChI=1S/C11H18ClN3O2/c1-4-15-11(17)10(12)9(6-13-15)14-7(2)5-8(3)16/h6-8,14,16H,4-5H2,1-3H3. The van der Waals surface area contributed by atoms with Gasteiger partial charge < -0.3 is 10.4 Å². The summed E-state index contributed by atoms with van der Waals surface area (Å²) in [6.07, 6.45) is 1.71. The van der Waals surface area contributed by atoms with Gasteiger partial charge in [-0.15, -0.1) is 0 Å². The smallest absolute Gasteiger partial charge is 0.287 e. The van der Waals surface area contributed by atoms with Crippen LogP contribution >= 0.6 is 11.6 Å². The van der Waals surface area contributed by atoms with Gasteiger partial charge in [-0.3, -0.25) is 4.79 Å². The number of aromatic nitrogens is 2. The number of rotatable bonds is 5. The van der Waals surface area contributed by atoms with Crippen LogP contribution in [0, 0.1) is 0 Å². The van der Waals surface area contributed by atoms with E-state index in [2.05, 4.69) is 10.4 Å². The van der Waals surface area contributed by atoms with Crippen LogP contribution in [-0.4, -0.2) is 27.0 Å². The molecule has 2 atom stereocenters. The molecule has 17 heavy (non-hydrogen) atoms. The number of aliphatic hydroxyl groups excluding tert-OH is 1. The molecule has 5 nitrogen and oxygen atoms in total. The highest BCUT2D eigenvalue weighted by molar-refractivity contribution is 6.32. The van der Waals surface area contributed by atoms with Gasteiger partial charge in [0.05, 0.1) is 18.0 Å². The van der Waals surface area contributed by atoms with Gasteiger partial charge in [-0.25, -0.2) is 4.68 Å². The Morgan fingerprint density at radius 3 is 2.76 bits per heavy atom. The van der Waals surface area contributed by atoms with Crippen LogP contribution in [0.25, 0.3) is 0 Å². The highest BCUT2D eigenvalue weighted by Crippen LogP contribution is 2.17. The molecule has 0 saturated carbocycles. The number of aryl methyl sites for hydroxylation is 1. The van der Waals surface area contributed by atoms with E-state index in [1.807, 2.05) is 13.8 Å². The molecule has 1 rings (SSSR count). The van der Waals surface area contributed by atoms with Crippen molar-refractivity contribution in [1.82, 2.24) is 9.78 Å². The third-order valence-corrected chi connectivity index (χ3v) is 2.75. The average molecular weight is 260 g/mol. The Balaban J connectivity index is 2.86. The maximum atomic E-state index is 11.7. The number of nitrogens with zero attached hydrogens (tertiary/aromatic N) is 2. The summed E-state index contributed by atoms with van der Waals surface area (Å²) in [6.45, 7) is 5.94. The van der Waals surface area contributed by atoms with Crippen LogP contribution in [-0.2, 0) is 6.54 Å². The first-order chi connectivity index (χ1) is 7.95. The molecule has 0 saturated heterocycles. The van der Waals surface area contributed by atoms with Gasteiger partial charge in [0.15, 0.2) is 0 Å². The number of anilines is 1. The molecule has 1 aromatic heterocycles. The van der Waals surface area contributed by atoms with Crippen molar-refractivity contribution < 1.29 is 5.11 Å². The second-order valence-electron chi connectivity index (χ2n) is 4.12. The van der Waals surface area contributed by atoms with Gasteiger partial charge >= 0.3 is 0 Å². The fourth-order valence-electron chi connectivity index (χ4n) is 1.63. The van der Waals surface area contributed by atoms with Crippen LogP contribution in [0.15, 0.2) is 11.0 Å². The number of hydrogen-bond donors (Lipinski definition) is 2. The van der Waals surface area contributed by atoms with E-state index in [0.29, 0.717) is 18.7 Å². The van der Waals surface area contributed by atoms with Crippen molar-refractivity contribution in [2.75, 3.05) is 5.32 Å². The SMILES string of the molecule is CCn1ncc(NC(C)CC(C)O)c(Cl)c1=O. The van der Waals surface area contributed by atoms with E-state index in [9.17, 15) is 9.90 Å². The van der Waals surface area contributed by atoms with Crippen molar-refractivity contribution in [3.63, 3.8) is 0 Å². The Morgan fingerprint density at radius 2 is 2.24 bits per heavy atom. The molecule has 0 aliphatic carbocycles. The lowest BCUT2D eigenvalue weighted by Crippen LogP contribution is -2.26. The van der Waals surface area contributed by atoms with Crippen LogP contribution in [0.3, 0.4) is 0 Å². The first-order valence-corrected chi connectivity index (χ1v) is 6.03. The first-order valence-electron chi connectivity index (χ1n) is 5.65. The van der Waals surface area contributed by atoms with Gasteiger partial charge in [0, 0.05) is 12.6 Å². The predicted molar refractivity (Wildman–Crippen MR) is 68.6 cm³/mol. The molecule has 6 heteroatoms. The molecule has 0 aromatic carbocycles. The molecule has 0 amide bonds. The van der Waals surface area contributed by atoms with E-state index in [-0.39, 0.29) is 16.6 Å². The van der Waals surface area contributed by atoms with Gasteiger partial charge in [-0.2, -0.15) is 5.10 Å². The lowest BCUT2D eigenvalue weighted by atomic mass is 10.1. The second kappa shape index (κ2) is 6.02. The zero-order chi connectivity index (χ0) is 13.0. The summed E-state index contributed by atoms with van der Waals surface area (Å²) >= 11 is 5.96. The summed E-state index contributed by atoms with van der Waals surface area (Å²) in [7, 11) is 0. The number of hydrogen-bond acceptors (Lipinski definition) is 4. The molecule has 1 heterocycles. The van der Waals surface area contributed by atoms with Gasteiger partial charge in [0.25, 0.3) is 5.56 Å². The lowest BCUT2D eigenvalue weighted by molar-refractivity contribution is 0.179. The molecule has 0 radical (unpaired) electrons. The largest absolute Gasteiger partial charge is 0.393 e. The molecule has 1 aromatic rings. The number of halogens is 1. The second-order valence-corrected chi connectivity index (χ2v) is 4.50. The van der Waals surface area contributed by atoms with Crippen LogP contribution in [0.1, 0.15) is 27.2 Å². The summed E-state index contributed by atoms with van der Waals surface area (Å²) in [4.78, 5) is 11.7. The quantitative estimate of drug-likeness (QED) is 0.841. The Bertz CT molecular complexity index is 431. The minimum atomic E-state index is -0.403. The summed E-state index contributed by atoms with van der Waals surface area (Å²) in [5, 5.41) is 16.4. The van der Waals surface area contributed by atoms with Crippen LogP contribution in [0.4, 0.5) is 5.69 Å². The van der Waals surface area contributed by atoms with Crippen LogP contribution < -0.4 is 10.9 Å². The number of nitrogens with one attached hydrogen (secondary N) is 1. The highest BCUT2D eigenvalue weighted by Gasteiger charge is 2.12. The normalized spacial score (nSPS) is 14.4. The molecule has 0 aliphatic rings. The summed E-state index contributed by atoms with van der Waals surface area (Å²) in [5.74, 6) is 0. The third kappa shape index (κ3) is 3.71. The third-order valence-electron chi connectivity index (χ3n) is 2.38. The maximum Gasteiger partial charge on any atom is 0.287 e. The minimum Gasteiger partial charge on any atom is -0.393 e. The first kappa shape index (κ1) is 14.0. The molecular formula is C11H18ClN3O2. The fraction of sp³-hybridized carbons (Fsp3) is 0.636. The van der Waals surface area contributed by atoms with E-state index in [4.69, 9.17) is 11.6 Å². The van der Waals surface area contributed by atoms with Crippen molar-refractivity contribution in [2.45, 2.75) is 45.9 Å². The van der Waals surface area contributed by atoms with Crippen molar-refractivity contribution >= 4 is 17.3 Å². The molecule has 0 aliphatic heterocycles. The topological polar surface area (TPSA) is 67.2 Å². The molecular weight excluding hydrogens is 242 g/mol. The molecule has 96 valence electrons. The number of aliphatic hydroxyl groups is 1. The van der Waals surface area contributed by atoms with E-state index in [0.717, 1.165) is 0 Å². The van der Waals surface area contributed by atoms with Crippen molar-refractivity contribution in [3.8, 4) is 0 Å². The average Bonchev–Trinajstić information content (AvgIpc) is 2.24. The summed E-state index contributed by atoms with van der Waals surface area (Å²) < 4.78 is 1.30. The summed E-state index contributed by atoms with van der Waals surface area (Å²) in [5.41, 5.74) is 0.206. The van der Waals surface area contributed by atoms with Crippen molar-refractivity contribution in [3.05, 3.63) is 21.6 Å². The Labute approximate surface area is 105 Å². The highest BCUT2D eigenvalue weighted by atomic mass is 35.5. The van der Waals surface area contributed by atoms with Gasteiger partial charge in [0.1, 0.15) is 5.02 Å². The maximum absolute atomic E-state index is 11.7. The zero-order valence-electron chi connectivity index (χ0n) is 10.3. The summed E-state index contributed by atoms with van der Waals surface area (Å²) in [6, 6.07) is 0.0196. The lowest BCUT2D eigenvalue weighted by Gasteiger charge is -2.17. The minimum absolute atomic E-state index is 0.0196. The van der Waals surface area contributed by atoms with E-state index in [1.54, 1.807) is 6.92 Å². The van der Waals surface area contributed by atoms with E-state index < -0.39 is 6.10 Å². The zero-order valence-corrected chi connectivity index (χ0v) is 11.0. The Morgan fingerprint density at radius 1 is 1.59 bits per heavy atom. The van der Waals surface area contributed by atoms with E-state index >= 15 is 0 Å². The molecule has 0 spiro atoms. The Kier molecular flexibility index (Phi) is 4.96. The Hall–Kier alpha value is -1.07. The molecule has 2 N–H and O–H groups in total. The van der Waals surface area contributed by atoms with Gasteiger partial charge in [-0.05, 0) is 27.2 Å². The van der Waals surface area contributed by atoms with Gasteiger partial charge in [-0.1, -0.05) is 11.6 Å². The molecule has 0 bridgehead atoms. The molecule has 0 fully saturated rings. The van der Waals surface area contributed by atoms with E-state index in [1.165, 1.54) is 10.9 Å². The molecule has 2 unspecified atom stereocenters. The van der Waals surface area contributed by atoms with Crippen molar-refractivity contribution in [2.24, 2.45) is 0 Å².